The summed E-state index contributed by atoms with van der Waals surface area (Å²) < 4.78 is 9.74. The summed E-state index contributed by atoms with van der Waals surface area (Å²) in [6, 6.07) is 13.8. The van der Waals surface area contributed by atoms with E-state index in [2.05, 4.69) is 10.1 Å². The number of nitrogens with zero attached hydrogens (tertiary/aromatic N) is 1. The Kier molecular flexibility index (Phi) is 5.12. The number of hydrogen-bond donors (Lipinski definition) is 1. The van der Waals surface area contributed by atoms with Gasteiger partial charge in [0.15, 0.2) is 0 Å². The molecule has 0 bridgehead atoms. The Morgan fingerprint density at radius 3 is 2.29 bits per heavy atom. The van der Waals surface area contributed by atoms with Gasteiger partial charge in [0.25, 0.3) is 5.91 Å². The first kappa shape index (κ1) is 19.1. The molecule has 2 aromatic carbocycles. The van der Waals surface area contributed by atoms with Crippen molar-refractivity contribution in [2.75, 3.05) is 13.7 Å². The van der Waals surface area contributed by atoms with E-state index in [9.17, 15) is 19.2 Å². The predicted molar refractivity (Wildman–Crippen MR) is 97.5 cm³/mol. The third-order valence-electron chi connectivity index (χ3n) is 4.42. The first-order chi connectivity index (χ1) is 13.3. The van der Waals surface area contributed by atoms with Crippen LogP contribution in [-0.2, 0) is 19.9 Å². The summed E-state index contributed by atoms with van der Waals surface area (Å²) in [6.45, 7) is 1.05. The van der Waals surface area contributed by atoms with Crippen LogP contribution < -0.4 is 10.1 Å². The lowest BCUT2D eigenvalue weighted by atomic mass is 9.92. The van der Waals surface area contributed by atoms with Crippen molar-refractivity contribution in [3.05, 3.63) is 65.7 Å². The van der Waals surface area contributed by atoms with Gasteiger partial charge in [-0.3, -0.25) is 9.69 Å². The van der Waals surface area contributed by atoms with Crippen LogP contribution in [0.25, 0.3) is 0 Å². The molecule has 1 heterocycles. The maximum absolute atomic E-state index is 12.8. The van der Waals surface area contributed by atoms with Gasteiger partial charge in [0.1, 0.15) is 17.8 Å². The summed E-state index contributed by atoms with van der Waals surface area (Å²) in [7, 11) is 1.26. The van der Waals surface area contributed by atoms with Crippen LogP contribution >= 0.6 is 0 Å². The van der Waals surface area contributed by atoms with Gasteiger partial charge in [-0.05, 0) is 36.8 Å². The number of methoxy groups -OCH3 is 1. The average molecular weight is 382 g/mol. The van der Waals surface area contributed by atoms with Crippen molar-refractivity contribution in [1.29, 1.82) is 0 Å². The second-order valence-electron chi connectivity index (χ2n) is 6.30. The number of hydrogen-bond acceptors (Lipinski definition) is 6. The van der Waals surface area contributed by atoms with Crippen LogP contribution in [0.4, 0.5) is 4.79 Å². The lowest BCUT2D eigenvalue weighted by Crippen LogP contribution is -2.41. The maximum atomic E-state index is 12.8. The van der Waals surface area contributed by atoms with Crippen LogP contribution in [0.3, 0.4) is 0 Å². The van der Waals surface area contributed by atoms with Gasteiger partial charge in [0.05, 0.1) is 12.7 Å². The van der Waals surface area contributed by atoms with E-state index in [1.807, 2.05) is 0 Å². The number of benzene rings is 2. The second kappa shape index (κ2) is 7.51. The molecule has 1 saturated heterocycles. The molecule has 0 aliphatic carbocycles. The van der Waals surface area contributed by atoms with Crippen molar-refractivity contribution in [2.45, 2.75) is 12.5 Å². The van der Waals surface area contributed by atoms with Crippen LogP contribution in [0.5, 0.6) is 5.75 Å². The molecule has 3 amide bonds. The Labute approximate surface area is 161 Å². The third-order valence-corrected chi connectivity index (χ3v) is 4.42. The van der Waals surface area contributed by atoms with E-state index in [0.717, 1.165) is 4.90 Å². The SMILES string of the molecule is COC(=O)c1ccc(OC(=O)CN2C(=O)N[C@](C)(c3ccccc3)C2=O)cc1. The zero-order valence-electron chi connectivity index (χ0n) is 15.3. The Balaban J connectivity index is 1.68. The van der Waals surface area contributed by atoms with Crippen molar-refractivity contribution in [2.24, 2.45) is 0 Å². The smallest absolute Gasteiger partial charge is 0.337 e. The van der Waals surface area contributed by atoms with Gasteiger partial charge < -0.3 is 14.8 Å². The number of rotatable bonds is 5. The Hall–Kier alpha value is -3.68. The van der Waals surface area contributed by atoms with Crippen LogP contribution in [0.15, 0.2) is 54.6 Å². The van der Waals surface area contributed by atoms with Crippen molar-refractivity contribution in [3.8, 4) is 5.75 Å². The number of nitrogens with one attached hydrogen (secondary N) is 1. The minimum atomic E-state index is -1.25. The molecular weight excluding hydrogens is 364 g/mol. The number of esters is 2. The third kappa shape index (κ3) is 3.57. The lowest BCUT2D eigenvalue weighted by Gasteiger charge is -2.21. The minimum absolute atomic E-state index is 0.176. The first-order valence-corrected chi connectivity index (χ1v) is 8.44. The van der Waals surface area contributed by atoms with Crippen LogP contribution in [0.2, 0.25) is 0 Å². The molecule has 1 aliphatic heterocycles. The highest BCUT2D eigenvalue weighted by Gasteiger charge is 2.49. The predicted octanol–water partition coefficient (Wildman–Crippen LogP) is 1.85. The van der Waals surface area contributed by atoms with Gasteiger partial charge in [0.2, 0.25) is 0 Å². The second-order valence-corrected chi connectivity index (χ2v) is 6.30. The fourth-order valence-electron chi connectivity index (χ4n) is 2.88. The van der Waals surface area contributed by atoms with Crippen molar-refractivity contribution in [3.63, 3.8) is 0 Å². The number of imide groups is 1. The topological polar surface area (TPSA) is 102 Å². The highest BCUT2D eigenvalue weighted by Crippen LogP contribution is 2.28. The van der Waals surface area contributed by atoms with Gasteiger partial charge in [-0.2, -0.15) is 0 Å². The Morgan fingerprint density at radius 1 is 1.04 bits per heavy atom. The molecule has 0 aromatic heterocycles. The normalized spacial score (nSPS) is 18.6. The van der Waals surface area contributed by atoms with E-state index < -0.39 is 36.0 Å². The van der Waals surface area contributed by atoms with E-state index in [4.69, 9.17) is 4.74 Å². The molecule has 0 unspecified atom stereocenters. The van der Waals surface area contributed by atoms with Gasteiger partial charge in [-0.1, -0.05) is 30.3 Å². The molecule has 8 nitrogen and oxygen atoms in total. The molecule has 144 valence electrons. The van der Waals surface area contributed by atoms with Crippen LogP contribution in [0.1, 0.15) is 22.8 Å². The van der Waals surface area contributed by atoms with Gasteiger partial charge >= 0.3 is 18.0 Å². The van der Waals surface area contributed by atoms with Crippen molar-refractivity contribution < 1.29 is 28.7 Å². The molecule has 1 N–H and O–H groups in total. The minimum Gasteiger partial charge on any atom is -0.465 e. The van der Waals surface area contributed by atoms with E-state index >= 15 is 0 Å². The molecular formula is C20H18N2O6. The lowest BCUT2D eigenvalue weighted by molar-refractivity contribution is -0.140. The molecule has 0 saturated carbocycles. The molecule has 8 heteroatoms. The Morgan fingerprint density at radius 2 is 1.68 bits per heavy atom. The number of amides is 3. The standard InChI is InChI=1S/C20H18N2O6/c1-20(14-6-4-3-5-7-14)18(25)22(19(26)21-20)12-16(23)28-15-10-8-13(9-11-15)17(24)27-2/h3-11H,12H2,1-2H3,(H,21,26)/t20-/m1/s1. The summed E-state index contributed by atoms with van der Waals surface area (Å²) in [5.41, 5.74) is -0.335. The van der Waals surface area contributed by atoms with Crippen LogP contribution in [-0.4, -0.2) is 42.4 Å². The quantitative estimate of drug-likeness (QED) is 0.481. The fourth-order valence-corrected chi connectivity index (χ4v) is 2.88. The largest absolute Gasteiger partial charge is 0.465 e. The van der Waals surface area contributed by atoms with E-state index in [0.29, 0.717) is 11.1 Å². The van der Waals surface area contributed by atoms with Crippen molar-refractivity contribution >= 4 is 23.9 Å². The summed E-state index contributed by atoms with van der Waals surface area (Å²) in [5, 5.41) is 2.62. The van der Waals surface area contributed by atoms with Crippen molar-refractivity contribution in [1.82, 2.24) is 10.2 Å². The fraction of sp³-hybridized carbons (Fsp3) is 0.200. The van der Waals surface area contributed by atoms with Gasteiger partial charge in [-0.25, -0.2) is 14.4 Å². The highest BCUT2D eigenvalue weighted by molar-refractivity contribution is 6.08. The molecule has 28 heavy (non-hydrogen) atoms. The molecule has 1 atom stereocenters. The molecule has 0 radical (unpaired) electrons. The zero-order valence-corrected chi connectivity index (χ0v) is 15.3. The summed E-state index contributed by atoms with van der Waals surface area (Å²) in [6.07, 6.45) is 0. The summed E-state index contributed by atoms with van der Waals surface area (Å²) in [5.74, 6) is -1.67. The monoisotopic (exact) mass is 382 g/mol. The number of ether oxygens (including phenoxy) is 2. The zero-order chi connectivity index (χ0) is 20.3. The number of urea groups is 1. The Bertz CT molecular complexity index is 925. The van der Waals surface area contributed by atoms with E-state index in [1.54, 1.807) is 37.3 Å². The summed E-state index contributed by atoms with van der Waals surface area (Å²) in [4.78, 5) is 49.4. The molecule has 0 spiro atoms. The number of carbonyl (C=O) groups excluding carboxylic acids is 4. The number of carbonyl (C=O) groups is 4. The van der Waals surface area contributed by atoms with Crippen LogP contribution in [0, 0.1) is 0 Å². The molecule has 3 rings (SSSR count). The van der Waals surface area contributed by atoms with Gasteiger partial charge in [-0.15, -0.1) is 0 Å². The van der Waals surface area contributed by atoms with Gasteiger partial charge in [0, 0.05) is 0 Å². The maximum Gasteiger partial charge on any atom is 0.337 e. The first-order valence-electron chi connectivity index (χ1n) is 8.44. The summed E-state index contributed by atoms with van der Waals surface area (Å²) >= 11 is 0. The molecule has 1 fully saturated rings. The van der Waals surface area contributed by atoms with E-state index in [1.165, 1.54) is 31.4 Å². The highest BCUT2D eigenvalue weighted by atomic mass is 16.5. The molecule has 1 aliphatic rings. The van der Waals surface area contributed by atoms with E-state index in [-0.39, 0.29) is 5.75 Å². The average Bonchev–Trinajstić information content (AvgIpc) is 2.92. The molecule has 2 aromatic rings.